The van der Waals surface area contributed by atoms with Gasteiger partial charge in [-0.3, -0.25) is 4.90 Å². The maximum Gasteiger partial charge on any atom is 0.0170 e. The first-order valence-corrected chi connectivity index (χ1v) is 5.88. The van der Waals surface area contributed by atoms with Crippen LogP contribution < -0.4 is 5.32 Å². The van der Waals surface area contributed by atoms with E-state index in [1.807, 2.05) is 6.08 Å². The van der Waals surface area contributed by atoms with Crippen molar-refractivity contribution < 1.29 is 0 Å². The summed E-state index contributed by atoms with van der Waals surface area (Å²) in [6, 6.07) is 0.615. The third kappa shape index (κ3) is 2.82. The molecule has 0 unspecified atom stereocenters. The fourth-order valence-corrected chi connectivity index (χ4v) is 2.77. The molecule has 88 valence electrons. The van der Waals surface area contributed by atoms with Gasteiger partial charge in [-0.15, -0.1) is 6.58 Å². The van der Waals surface area contributed by atoms with Crippen molar-refractivity contribution >= 4 is 0 Å². The van der Waals surface area contributed by atoms with Gasteiger partial charge in [0.05, 0.1) is 0 Å². The molecule has 1 aliphatic heterocycles. The van der Waals surface area contributed by atoms with Gasteiger partial charge in [-0.1, -0.05) is 6.08 Å². The van der Waals surface area contributed by atoms with E-state index in [-0.39, 0.29) is 11.1 Å². The Balaban J connectivity index is 2.70. The summed E-state index contributed by atoms with van der Waals surface area (Å²) in [5.41, 5.74) is 0.557. The summed E-state index contributed by atoms with van der Waals surface area (Å²) in [5, 5.41) is 3.56. The largest absolute Gasteiger partial charge is 0.310 e. The molecule has 1 aliphatic rings. The molecule has 1 N–H and O–H groups in total. The van der Waals surface area contributed by atoms with Crippen molar-refractivity contribution in [3.8, 4) is 0 Å². The third-order valence-corrected chi connectivity index (χ3v) is 3.86. The van der Waals surface area contributed by atoms with Gasteiger partial charge < -0.3 is 5.32 Å². The monoisotopic (exact) mass is 210 g/mol. The van der Waals surface area contributed by atoms with Gasteiger partial charge >= 0.3 is 0 Å². The van der Waals surface area contributed by atoms with E-state index in [1.54, 1.807) is 0 Å². The number of nitrogens with one attached hydrogen (secondary N) is 1. The summed E-state index contributed by atoms with van der Waals surface area (Å²) in [7, 11) is 2.24. The molecule has 1 rings (SSSR count). The third-order valence-electron chi connectivity index (χ3n) is 3.86. The minimum Gasteiger partial charge on any atom is -0.310 e. The van der Waals surface area contributed by atoms with Crippen molar-refractivity contribution in [1.82, 2.24) is 10.2 Å². The smallest absolute Gasteiger partial charge is 0.0170 e. The number of piperidine rings is 1. The van der Waals surface area contributed by atoms with Gasteiger partial charge in [-0.2, -0.15) is 0 Å². The zero-order chi connectivity index (χ0) is 11.7. The summed E-state index contributed by atoms with van der Waals surface area (Å²) in [5.74, 6) is 0. The molecule has 0 aliphatic carbocycles. The van der Waals surface area contributed by atoms with Gasteiger partial charge in [0.15, 0.2) is 0 Å². The molecular weight excluding hydrogens is 184 g/mol. The molecule has 0 aromatic heterocycles. The van der Waals surface area contributed by atoms with Crippen molar-refractivity contribution in [2.24, 2.45) is 0 Å². The molecule has 0 saturated carbocycles. The van der Waals surface area contributed by atoms with Crippen LogP contribution in [0.4, 0.5) is 0 Å². The molecule has 2 nitrogen and oxygen atoms in total. The van der Waals surface area contributed by atoms with Crippen LogP contribution in [-0.2, 0) is 0 Å². The summed E-state index contributed by atoms with van der Waals surface area (Å²) in [6.45, 7) is 14.0. The second-order valence-corrected chi connectivity index (χ2v) is 5.99. The van der Waals surface area contributed by atoms with Crippen LogP contribution in [0.2, 0.25) is 0 Å². The molecule has 0 aromatic carbocycles. The van der Waals surface area contributed by atoms with Gasteiger partial charge in [0.2, 0.25) is 0 Å². The molecule has 0 radical (unpaired) electrons. The molecule has 0 aromatic rings. The Bertz CT molecular complexity index is 213. The van der Waals surface area contributed by atoms with Crippen LogP contribution in [-0.4, -0.2) is 35.6 Å². The van der Waals surface area contributed by atoms with Crippen LogP contribution in [0.5, 0.6) is 0 Å². The lowest BCUT2D eigenvalue weighted by atomic mass is 9.77. The van der Waals surface area contributed by atoms with E-state index < -0.39 is 0 Å². The number of nitrogens with zero attached hydrogens (tertiary/aromatic N) is 1. The van der Waals surface area contributed by atoms with Gasteiger partial charge in [0.1, 0.15) is 0 Å². The van der Waals surface area contributed by atoms with Crippen LogP contribution in [0.1, 0.15) is 40.5 Å². The zero-order valence-electron chi connectivity index (χ0n) is 10.9. The standard InChI is InChI=1S/C13H26N2/c1-7-8-14-11-9-12(2,3)15(6)13(4,5)10-11/h7,11,14H,1,8-10H2,2-6H3. The molecule has 0 bridgehead atoms. The Labute approximate surface area is 94.7 Å². The molecule has 1 heterocycles. The van der Waals surface area contributed by atoms with Crippen LogP contribution >= 0.6 is 0 Å². The van der Waals surface area contributed by atoms with Crippen LogP contribution in [0, 0.1) is 0 Å². The van der Waals surface area contributed by atoms with E-state index in [1.165, 1.54) is 12.8 Å². The predicted molar refractivity (Wildman–Crippen MR) is 67.1 cm³/mol. The lowest BCUT2D eigenvalue weighted by Crippen LogP contribution is -2.62. The highest BCUT2D eigenvalue weighted by molar-refractivity contribution is 5.01. The molecule has 0 spiro atoms. The maximum atomic E-state index is 3.76. The van der Waals surface area contributed by atoms with E-state index >= 15 is 0 Å². The molecule has 1 saturated heterocycles. The van der Waals surface area contributed by atoms with Crippen LogP contribution in [0.15, 0.2) is 12.7 Å². The normalized spacial score (nSPS) is 26.5. The first-order chi connectivity index (χ1) is 6.79. The van der Waals surface area contributed by atoms with E-state index in [9.17, 15) is 0 Å². The number of rotatable bonds is 3. The second-order valence-electron chi connectivity index (χ2n) is 5.99. The van der Waals surface area contributed by atoms with Crippen molar-refractivity contribution in [1.29, 1.82) is 0 Å². The summed E-state index contributed by atoms with van der Waals surface area (Å²) in [6.07, 6.45) is 4.36. The average molecular weight is 210 g/mol. The Morgan fingerprint density at radius 2 is 1.73 bits per heavy atom. The molecular formula is C13H26N2. The Morgan fingerprint density at radius 3 is 2.13 bits per heavy atom. The summed E-state index contributed by atoms with van der Waals surface area (Å²) < 4.78 is 0. The zero-order valence-corrected chi connectivity index (χ0v) is 10.9. The average Bonchev–Trinajstić information content (AvgIpc) is 2.10. The van der Waals surface area contributed by atoms with Crippen molar-refractivity contribution in [2.45, 2.75) is 57.7 Å². The highest BCUT2D eigenvalue weighted by Gasteiger charge is 2.42. The quantitative estimate of drug-likeness (QED) is 0.720. The highest BCUT2D eigenvalue weighted by Crippen LogP contribution is 2.36. The van der Waals surface area contributed by atoms with Crippen molar-refractivity contribution in [2.75, 3.05) is 13.6 Å². The summed E-state index contributed by atoms with van der Waals surface area (Å²) >= 11 is 0. The topological polar surface area (TPSA) is 15.3 Å². The Hall–Kier alpha value is -0.340. The molecule has 1 fully saturated rings. The van der Waals surface area contributed by atoms with Gasteiger partial charge in [-0.25, -0.2) is 0 Å². The molecule has 15 heavy (non-hydrogen) atoms. The molecule has 2 heteroatoms. The first kappa shape index (κ1) is 12.7. The van der Waals surface area contributed by atoms with E-state index in [0.717, 1.165) is 6.54 Å². The second kappa shape index (κ2) is 4.26. The van der Waals surface area contributed by atoms with Gasteiger partial charge in [-0.05, 0) is 47.6 Å². The lowest BCUT2D eigenvalue weighted by Gasteiger charge is -2.53. The van der Waals surface area contributed by atoms with Gasteiger partial charge in [0.25, 0.3) is 0 Å². The molecule has 0 amide bonds. The van der Waals surface area contributed by atoms with E-state index in [2.05, 4.69) is 51.5 Å². The lowest BCUT2D eigenvalue weighted by molar-refractivity contribution is -0.0174. The Morgan fingerprint density at radius 1 is 1.27 bits per heavy atom. The van der Waals surface area contributed by atoms with Crippen molar-refractivity contribution in [3.63, 3.8) is 0 Å². The maximum absolute atomic E-state index is 3.76. The predicted octanol–water partition coefficient (Wildman–Crippen LogP) is 2.41. The minimum atomic E-state index is 0.278. The number of likely N-dealkylation sites (tertiary alicyclic amines) is 1. The Kier molecular flexibility index (Phi) is 3.62. The fourth-order valence-electron chi connectivity index (χ4n) is 2.77. The fraction of sp³-hybridized carbons (Fsp3) is 0.846. The highest BCUT2D eigenvalue weighted by atomic mass is 15.2. The van der Waals surface area contributed by atoms with Crippen molar-refractivity contribution in [3.05, 3.63) is 12.7 Å². The SMILES string of the molecule is C=CCNC1CC(C)(C)N(C)C(C)(C)C1. The van der Waals surface area contributed by atoms with Crippen LogP contribution in [0.3, 0.4) is 0 Å². The van der Waals surface area contributed by atoms with E-state index in [0.29, 0.717) is 6.04 Å². The number of hydrogen-bond acceptors (Lipinski definition) is 2. The minimum absolute atomic E-state index is 0.278. The molecule has 0 atom stereocenters. The first-order valence-electron chi connectivity index (χ1n) is 5.88. The summed E-state index contributed by atoms with van der Waals surface area (Å²) in [4.78, 5) is 2.51. The number of hydrogen-bond donors (Lipinski definition) is 1. The van der Waals surface area contributed by atoms with Gasteiger partial charge in [0, 0.05) is 23.7 Å². The van der Waals surface area contributed by atoms with Crippen LogP contribution in [0.25, 0.3) is 0 Å². The van der Waals surface area contributed by atoms with E-state index in [4.69, 9.17) is 0 Å².